The minimum Gasteiger partial charge on any atom is -0.363 e. The number of nitrogens with zero attached hydrogens (tertiary/aromatic N) is 4. The van der Waals surface area contributed by atoms with Crippen molar-refractivity contribution >= 4 is 11.6 Å². The van der Waals surface area contributed by atoms with Crippen LogP contribution in [0.4, 0.5) is 5.69 Å². The Bertz CT molecular complexity index is 527. The van der Waals surface area contributed by atoms with Gasteiger partial charge in [-0.3, -0.25) is 9.78 Å². The molecule has 0 atom stereocenters. The molecule has 1 amide bonds. The summed E-state index contributed by atoms with van der Waals surface area (Å²) in [6, 6.07) is 3.81. The lowest BCUT2D eigenvalue weighted by molar-refractivity contribution is -0.144. The fraction of sp³-hybridized carbons (Fsp3) is 0.647. The van der Waals surface area contributed by atoms with Gasteiger partial charge in [-0.25, -0.2) is 0 Å². The molecule has 0 saturated carbocycles. The van der Waals surface area contributed by atoms with E-state index in [0.29, 0.717) is 6.54 Å². The van der Waals surface area contributed by atoms with Crippen molar-refractivity contribution in [2.24, 2.45) is 0 Å². The number of likely N-dealkylation sites (N-methyl/N-ethyl adjacent to an activating group) is 1. The quantitative estimate of drug-likeness (QED) is 0.823. The van der Waals surface area contributed by atoms with E-state index in [0.717, 1.165) is 44.7 Å². The zero-order valence-electron chi connectivity index (χ0n) is 14.1. The van der Waals surface area contributed by atoms with Crippen molar-refractivity contribution in [3.8, 4) is 0 Å². The third-order valence-electron chi connectivity index (χ3n) is 4.84. The Labute approximate surface area is 138 Å². The van der Waals surface area contributed by atoms with Gasteiger partial charge in [0.05, 0.1) is 24.0 Å². The normalized spacial score (nSPS) is 22.0. The highest BCUT2D eigenvalue weighted by Crippen LogP contribution is 2.32. The van der Waals surface area contributed by atoms with Crippen LogP contribution in [0.5, 0.6) is 0 Å². The number of rotatable bonds is 4. The number of morpholine rings is 1. The average molecular weight is 318 g/mol. The summed E-state index contributed by atoms with van der Waals surface area (Å²) < 4.78 is 6.00. The second-order valence-corrected chi connectivity index (χ2v) is 6.81. The lowest BCUT2D eigenvalue weighted by Crippen LogP contribution is -2.59. The third-order valence-corrected chi connectivity index (χ3v) is 4.84. The molecule has 2 saturated heterocycles. The molecule has 0 unspecified atom stereocenters. The highest BCUT2D eigenvalue weighted by molar-refractivity contribution is 5.95. The Morgan fingerprint density at radius 2 is 2.13 bits per heavy atom. The Morgan fingerprint density at radius 1 is 1.35 bits per heavy atom. The molecule has 126 valence electrons. The number of likely N-dealkylation sites (tertiary alicyclic amines) is 1. The predicted molar refractivity (Wildman–Crippen MR) is 89.5 cm³/mol. The van der Waals surface area contributed by atoms with Gasteiger partial charge in [0.2, 0.25) is 0 Å². The van der Waals surface area contributed by atoms with Gasteiger partial charge in [0.25, 0.3) is 5.91 Å². The summed E-state index contributed by atoms with van der Waals surface area (Å²) in [5.74, 6) is 0.0265. The average Bonchev–Trinajstić information content (AvgIpc) is 2.57. The maximum Gasteiger partial charge on any atom is 0.253 e. The van der Waals surface area contributed by atoms with Crippen LogP contribution >= 0.6 is 0 Å². The maximum absolute atomic E-state index is 12.2. The second kappa shape index (κ2) is 6.95. The number of carbonyl (C=O) groups excluding carboxylic acids is 1. The van der Waals surface area contributed by atoms with E-state index in [-0.39, 0.29) is 18.1 Å². The predicted octanol–water partition coefficient (Wildman–Crippen LogP) is 0.841. The molecular weight excluding hydrogens is 292 g/mol. The first-order chi connectivity index (χ1) is 11.1. The number of carbonyl (C=O) groups is 1. The number of ether oxygens (including phenoxy) is 1. The SMILES string of the molecule is CN(C)CCN1CCC2(CC1)CN(c1cccnc1)C(=O)CO2. The van der Waals surface area contributed by atoms with Gasteiger partial charge in [0, 0.05) is 32.4 Å². The highest BCUT2D eigenvalue weighted by atomic mass is 16.5. The number of anilines is 1. The number of piperidine rings is 1. The van der Waals surface area contributed by atoms with Gasteiger partial charge in [-0.1, -0.05) is 0 Å². The lowest BCUT2D eigenvalue weighted by Gasteiger charge is -2.47. The Balaban J connectivity index is 1.62. The monoisotopic (exact) mass is 318 g/mol. The van der Waals surface area contributed by atoms with Gasteiger partial charge in [0.1, 0.15) is 6.61 Å². The molecule has 6 nitrogen and oxygen atoms in total. The first-order valence-electron chi connectivity index (χ1n) is 8.29. The maximum atomic E-state index is 12.2. The van der Waals surface area contributed by atoms with Gasteiger partial charge in [-0.15, -0.1) is 0 Å². The van der Waals surface area contributed by atoms with Crippen LogP contribution in [0, 0.1) is 0 Å². The summed E-state index contributed by atoms with van der Waals surface area (Å²) in [5, 5.41) is 0. The molecule has 0 radical (unpaired) electrons. The van der Waals surface area contributed by atoms with Crippen molar-refractivity contribution < 1.29 is 9.53 Å². The summed E-state index contributed by atoms with van der Waals surface area (Å²) in [6.07, 6.45) is 5.44. The van der Waals surface area contributed by atoms with Crippen LogP contribution < -0.4 is 4.90 Å². The van der Waals surface area contributed by atoms with Gasteiger partial charge >= 0.3 is 0 Å². The van der Waals surface area contributed by atoms with Crippen molar-refractivity contribution in [1.29, 1.82) is 0 Å². The molecule has 2 aliphatic heterocycles. The topological polar surface area (TPSA) is 48.9 Å². The minimum atomic E-state index is -0.196. The molecule has 1 aromatic heterocycles. The number of hydrogen-bond donors (Lipinski definition) is 0. The van der Waals surface area contributed by atoms with E-state index in [9.17, 15) is 4.79 Å². The third kappa shape index (κ3) is 3.88. The lowest BCUT2D eigenvalue weighted by atomic mass is 9.89. The number of pyridine rings is 1. The minimum absolute atomic E-state index is 0.0265. The Morgan fingerprint density at radius 3 is 2.78 bits per heavy atom. The van der Waals surface area contributed by atoms with Crippen molar-refractivity contribution in [3.05, 3.63) is 24.5 Å². The largest absolute Gasteiger partial charge is 0.363 e. The Hall–Kier alpha value is -1.50. The molecule has 1 spiro atoms. The standard InChI is InChI=1S/C17H26N4O2/c1-19(2)10-11-20-8-5-17(6-9-20)14-21(16(22)13-23-17)15-4-3-7-18-12-15/h3-4,7,12H,5-6,8-11,13-14H2,1-2H3. The van der Waals surface area contributed by atoms with E-state index in [1.54, 1.807) is 12.4 Å². The first kappa shape index (κ1) is 16.4. The Kier molecular flexibility index (Phi) is 4.94. The van der Waals surface area contributed by atoms with Gasteiger partial charge < -0.3 is 19.4 Å². The summed E-state index contributed by atoms with van der Waals surface area (Å²) in [4.78, 5) is 22.9. The van der Waals surface area contributed by atoms with Crippen LogP contribution in [0.15, 0.2) is 24.5 Å². The molecule has 0 N–H and O–H groups in total. The van der Waals surface area contributed by atoms with Gasteiger partial charge in [-0.05, 0) is 39.1 Å². The number of amides is 1. The molecule has 2 fully saturated rings. The van der Waals surface area contributed by atoms with E-state index in [4.69, 9.17) is 4.74 Å². The van der Waals surface area contributed by atoms with Crippen LogP contribution in [-0.4, -0.2) is 79.7 Å². The molecule has 0 aromatic carbocycles. The fourth-order valence-corrected chi connectivity index (χ4v) is 3.29. The van der Waals surface area contributed by atoms with E-state index >= 15 is 0 Å². The smallest absolute Gasteiger partial charge is 0.253 e. The summed E-state index contributed by atoms with van der Waals surface area (Å²) in [6.45, 7) is 5.04. The zero-order chi connectivity index (χ0) is 16.3. The van der Waals surface area contributed by atoms with Crippen molar-refractivity contribution in [2.75, 3.05) is 58.3 Å². The van der Waals surface area contributed by atoms with E-state index in [1.807, 2.05) is 17.0 Å². The molecule has 23 heavy (non-hydrogen) atoms. The van der Waals surface area contributed by atoms with Crippen LogP contribution in [0.25, 0.3) is 0 Å². The summed E-state index contributed by atoms with van der Waals surface area (Å²) in [7, 11) is 4.21. The summed E-state index contributed by atoms with van der Waals surface area (Å²) >= 11 is 0. The van der Waals surface area contributed by atoms with Crippen molar-refractivity contribution in [3.63, 3.8) is 0 Å². The zero-order valence-corrected chi connectivity index (χ0v) is 14.1. The van der Waals surface area contributed by atoms with Crippen molar-refractivity contribution in [1.82, 2.24) is 14.8 Å². The van der Waals surface area contributed by atoms with Gasteiger partial charge in [-0.2, -0.15) is 0 Å². The molecule has 0 aliphatic carbocycles. The highest BCUT2D eigenvalue weighted by Gasteiger charge is 2.42. The van der Waals surface area contributed by atoms with Crippen LogP contribution in [0.1, 0.15) is 12.8 Å². The molecule has 3 heterocycles. The van der Waals surface area contributed by atoms with Crippen LogP contribution in [-0.2, 0) is 9.53 Å². The van der Waals surface area contributed by atoms with Gasteiger partial charge in [0.15, 0.2) is 0 Å². The fourth-order valence-electron chi connectivity index (χ4n) is 3.29. The van der Waals surface area contributed by atoms with E-state index in [2.05, 4.69) is 28.9 Å². The van der Waals surface area contributed by atoms with E-state index in [1.165, 1.54) is 0 Å². The number of hydrogen-bond acceptors (Lipinski definition) is 5. The number of aromatic nitrogens is 1. The van der Waals surface area contributed by atoms with Crippen molar-refractivity contribution in [2.45, 2.75) is 18.4 Å². The molecule has 1 aromatic rings. The van der Waals surface area contributed by atoms with Crippen LogP contribution in [0.2, 0.25) is 0 Å². The molecule has 0 bridgehead atoms. The summed E-state index contributed by atoms with van der Waals surface area (Å²) in [5.41, 5.74) is 0.675. The van der Waals surface area contributed by atoms with Crippen LogP contribution in [0.3, 0.4) is 0 Å². The molecule has 6 heteroatoms. The first-order valence-corrected chi connectivity index (χ1v) is 8.29. The molecule has 3 rings (SSSR count). The molecular formula is C17H26N4O2. The molecule has 2 aliphatic rings. The van der Waals surface area contributed by atoms with E-state index < -0.39 is 0 Å². The second-order valence-electron chi connectivity index (χ2n) is 6.81.